The molecule has 0 amide bonds. The van der Waals surface area contributed by atoms with Crippen molar-refractivity contribution in [3.8, 4) is 11.5 Å². The second-order valence-corrected chi connectivity index (χ2v) is 11.2. The maximum Gasteiger partial charge on any atom is 0.129 e. The van der Waals surface area contributed by atoms with Crippen molar-refractivity contribution in [2.75, 3.05) is 39.2 Å². The van der Waals surface area contributed by atoms with Crippen molar-refractivity contribution >= 4 is 5.69 Å². The van der Waals surface area contributed by atoms with Crippen LogP contribution >= 0.6 is 0 Å². The van der Waals surface area contributed by atoms with E-state index in [1.54, 1.807) is 20.3 Å². The molecule has 6 nitrogen and oxygen atoms in total. The molecule has 0 saturated carbocycles. The summed E-state index contributed by atoms with van der Waals surface area (Å²) in [6, 6.07) is 31.7. The largest absolute Gasteiger partial charge is 0.497 e. The molecule has 7 heteroatoms. The molecular weight excluding hydrogens is 541 g/mol. The molecule has 0 spiro atoms. The predicted molar refractivity (Wildman–Crippen MR) is 170 cm³/mol. The number of anilines is 1. The summed E-state index contributed by atoms with van der Waals surface area (Å²) in [4.78, 5) is 0. The van der Waals surface area contributed by atoms with Crippen molar-refractivity contribution in [1.82, 2.24) is 10.6 Å². The van der Waals surface area contributed by atoms with Crippen LogP contribution in [0.4, 0.5) is 10.1 Å². The summed E-state index contributed by atoms with van der Waals surface area (Å²) in [6.45, 7) is 5.95. The summed E-state index contributed by atoms with van der Waals surface area (Å²) in [5.41, 5.74) is 2.74. The van der Waals surface area contributed by atoms with E-state index in [1.165, 1.54) is 6.07 Å². The van der Waals surface area contributed by atoms with Crippen molar-refractivity contribution in [3.63, 3.8) is 0 Å². The standard InChI is InChI=1S/C36H42FN3O3/c1-5-6-22-39-29-16-21-33(37)32(23-29)35(2)25-38-24-34(43-35)40-36(26-10-8-7-9-11-26,27-12-17-30(41-3)18-13-27)28-14-19-31(42-4)20-15-28/h7-21,23,34,38-40H,5-6,22,24-25H2,1-4H3/t34?,35-/m0/s1. The molecule has 43 heavy (non-hydrogen) atoms. The lowest BCUT2D eigenvalue weighted by Crippen LogP contribution is -2.60. The maximum atomic E-state index is 15.4. The summed E-state index contributed by atoms with van der Waals surface area (Å²) in [6.07, 6.45) is 1.66. The van der Waals surface area contributed by atoms with Crippen LogP contribution in [0, 0.1) is 5.82 Å². The number of methoxy groups -OCH3 is 2. The molecular formula is C36H42FN3O3. The van der Waals surface area contributed by atoms with Gasteiger partial charge in [-0.05, 0) is 72.5 Å². The Kier molecular flexibility index (Phi) is 9.65. The zero-order valence-corrected chi connectivity index (χ0v) is 25.5. The Hall–Kier alpha value is -3.91. The molecule has 1 heterocycles. The van der Waals surface area contributed by atoms with Gasteiger partial charge in [0, 0.05) is 30.9 Å². The van der Waals surface area contributed by atoms with Crippen LogP contribution in [0.25, 0.3) is 0 Å². The number of nitrogens with one attached hydrogen (secondary N) is 3. The van der Waals surface area contributed by atoms with Crippen LogP contribution in [0.2, 0.25) is 0 Å². The smallest absolute Gasteiger partial charge is 0.129 e. The average Bonchev–Trinajstić information content (AvgIpc) is 3.05. The lowest BCUT2D eigenvalue weighted by Gasteiger charge is -2.45. The van der Waals surface area contributed by atoms with Crippen LogP contribution in [0.1, 0.15) is 48.9 Å². The zero-order chi connectivity index (χ0) is 30.3. The second-order valence-electron chi connectivity index (χ2n) is 11.2. The molecule has 4 aromatic carbocycles. The first-order valence-electron chi connectivity index (χ1n) is 15.0. The molecule has 0 bridgehead atoms. The summed E-state index contributed by atoms with van der Waals surface area (Å²) in [7, 11) is 3.33. The first kappa shape index (κ1) is 30.5. The van der Waals surface area contributed by atoms with E-state index in [9.17, 15) is 0 Å². The van der Waals surface area contributed by atoms with Gasteiger partial charge in [-0.2, -0.15) is 0 Å². The van der Waals surface area contributed by atoms with Gasteiger partial charge in [0.25, 0.3) is 0 Å². The Bertz CT molecular complexity index is 1420. The third-order valence-corrected chi connectivity index (χ3v) is 8.22. The molecule has 226 valence electrons. The van der Waals surface area contributed by atoms with Crippen molar-refractivity contribution in [3.05, 3.63) is 125 Å². The Labute approximate surface area is 254 Å². The topological polar surface area (TPSA) is 63.8 Å². The number of hydrogen-bond donors (Lipinski definition) is 3. The van der Waals surface area contributed by atoms with E-state index in [1.807, 2.05) is 55.5 Å². The van der Waals surface area contributed by atoms with E-state index in [0.717, 1.165) is 53.3 Å². The molecule has 4 aromatic rings. The molecule has 1 unspecified atom stereocenters. The maximum absolute atomic E-state index is 15.4. The highest BCUT2D eigenvalue weighted by molar-refractivity contribution is 5.52. The molecule has 3 N–H and O–H groups in total. The highest BCUT2D eigenvalue weighted by Crippen LogP contribution is 2.40. The van der Waals surface area contributed by atoms with E-state index in [-0.39, 0.29) is 5.82 Å². The van der Waals surface area contributed by atoms with Gasteiger partial charge in [-0.3, -0.25) is 5.32 Å². The molecule has 0 radical (unpaired) electrons. The van der Waals surface area contributed by atoms with Crippen molar-refractivity contribution in [2.45, 2.75) is 44.1 Å². The minimum absolute atomic E-state index is 0.286. The SMILES string of the molecule is CCCCNc1ccc(F)c([C@]2(C)CNCC(NC(c3ccccc3)(c3ccc(OC)cc3)c3ccc(OC)cc3)O2)c1. The van der Waals surface area contributed by atoms with Crippen molar-refractivity contribution in [1.29, 1.82) is 0 Å². The molecule has 1 aliphatic heterocycles. The minimum atomic E-state index is -0.912. The summed E-state index contributed by atoms with van der Waals surface area (Å²) < 4.78 is 33.2. The molecule has 2 atom stereocenters. The molecule has 1 aliphatic rings. The average molecular weight is 584 g/mol. The minimum Gasteiger partial charge on any atom is -0.497 e. The van der Waals surface area contributed by atoms with Gasteiger partial charge in [0.05, 0.1) is 19.8 Å². The highest BCUT2D eigenvalue weighted by atomic mass is 19.1. The second kappa shape index (κ2) is 13.6. The third-order valence-electron chi connectivity index (χ3n) is 8.22. The first-order valence-corrected chi connectivity index (χ1v) is 15.0. The van der Waals surface area contributed by atoms with Gasteiger partial charge in [0.2, 0.25) is 0 Å². The molecule has 0 aliphatic carbocycles. The molecule has 1 saturated heterocycles. The van der Waals surface area contributed by atoms with Gasteiger partial charge in [-0.15, -0.1) is 0 Å². The Morgan fingerprint density at radius 3 is 2.07 bits per heavy atom. The van der Waals surface area contributed by atoms with Gasteiger partial charge < -0.3 is 24.8 Å². The van der Waals surface area contributed by atoms with Gasteiger partial charge in [-0.25, -0.2) is 4.39 Å². The van der Waals surface area contributed by atoms with Crippen LogP contribution in [0.3, 0.4) is 0 Å². The monoisotopic (exact) mass is 583 g/mol. The van der Waals surface area contributed by atoms with Crippen molar-refractivity contribution < 1.29 is 18.6 Å². The molecule has 1 fully saturated rings. The van der Waals surface area contributed by atoms with Gasteiger partial charge in [0.15, 0.2) is 0 Å². The van der Waals surface area contributed by atoms with E-state index < -0.39 is 17.4 Å². The number of benzene rings is 4. The number of rotatable bonds is 12. The number of hydrogen-bond acceptors (Lipinski definition) is 6. The van der Waals surface area contributed by atoms with Crippen LogP contribution in [-0.4, -0.2) is 40.1 Å². The lowest BCUT2D eigenvalue weighted by atomic mass is 9.76. The number of ether oxygens (including phenoxy) is 3. The normalized spacial score (nSPS) is 18.7. The third kappa shape index (κ3) is 6.54. The van der Waals surface area contributed by atoms with E-state index in [2.05, 4.69) is 59.3 Å². The Morgan fingerprint density at radius 1 is 0.884 bits per heavy atom. The summed E-state index contributed by atoms with van der Waals surface area (Å²) in [5, 5.41) is 10.8. The predicted octanol–water partition coefficient (Wildman–Crippen LogP) is 6.80. The van der Waals surface area contributed by atoms with Crippen LogP contribution in [0.15, 0.2) is 97.1 Å². The summed E-state index contributed by atoms with van der Waals surface area (Å²) >= 11 is 0. The lowest BCUT2D eigenvalue weighted by molar-refractivity contribution is -0.130. The number of unbranched alkanes of at least 4 members (excludes halogenated alkanes) is 1. The quantitative estimate of drug-likeness (QED) is 0.126. The van der Waals surface area contributed by atoms with Crippen LogP contribution in [-0.2, 0) is 15.9 Å². The van der Waals surface area contributed by atoms with Crippen molar-refractivity contribution in [2.24, 2.45) is 0 Å². The number of halogens is 1. The molecule has 5 rings (SSSR count). The van der Waals surface area contributed by atoms with Crippen LogP contribution in [0.5, 0.6) is 11.5 Å². The Balaban J connectivity index is 1.57. The van der Waals surface area contributed by atoms with E-state index >= 15 is 4.39 Å². The van der Waals surface area contributed by atoms with E-state index in [0.29, 0.717) is 18.7 Å². The zero-order valence-electron chi connectivity index (χ0n) is 25.5. The van der Waals surface area contributed by atoms with E-state index in [4.69, 9.17) is 14.2 Å². The fourth-order valence-corrected chi connectivity index (χ4v) is 5.89. The highest BCUT2D eigenvalue weighted by Gasteiger charge is 2.43. The molecule has 0 aromatic heterocycles. The first-order chi connectivity index (χ1) is 20.9. The fraction of sp³-hybridized carbons (Fsp3) is 0.333. The van der Waals surface area contributed by atoms with Gasteiger partial charge >= 0.3 is 0 Å². The summed E-state index contributed by atoms with van der Waals surface area (Å²) in [5.74, 6) is 1.25. The Morgan fingerprint density at radius 2 is 1.49 bits per heavy atom. The van der Waals surface area contributed by atoms with Crippen LogP contribution < -0.4 is 25.4 Å². The van der Waals surface area contributed by atoms with Gasteiger partial charge in [0.1, 0.15) is 29.1 Å². The fourth-order valence-electron chi connectivity index (χ4n) is 5.89. The van der Waals surface area contributed by atoms with Gasteiger partial charge in [-0.1, -0.05) is 67.9 Å². The number of morpholine rings is 1.